The summed E-state index contributed by atoms with van der Waals surface area (Å²) in [5.74, 6) is 3.08. The molecule has 0 aliphatic carbocycles. The fourth-order valence-corrected chi connectivity index (χ4v) is 4.38. The van der Waals surface area contributed by atoms with Gasteiger partial charge in [-0.15, -0.1) is 45.5 Å². The van der Waals surface area contributed by atoms with Crippen molar-refractivity contribution in [3.8, 4) is 0 Å². The van der Waals surface area contributed by atoms with Gasteiger partial charge in [-0.1, -0.05) is 19.9 Å². The van der Waals surface area contributed by atoms with Crippen LogP contribution in [0.2, 0.25) is 0 Å². The summed E-state index contributed by atoms with van der Waals surface area (Å²) in [6.45, 7) is 11.1. The van der Waals surface area contributed by atoms with Crippen LogP contribution in [0.1, 0.15) is 49.1 Å². The molecule has 3 heterocycles. The third kappa shape index (κ3) is 6.65. The Balaban J connectivity index is 0.00000300. The molecule has 29 heavy (non-hydrogen) atoms. The molecule has 9 heteroatoms. The van der Waals surface area contributed by atoms with Gasteiger partial charge in [0.2, 0.25) is 0 Å². The summed E-state index contributed by atoms with van der Waals surface area (Å²) < 4.78 is 1.99. The van der Waals surface area contributed by atoms with Crippen molar-refractivity contribution in [1.82, 2.24) is 30.3 Å². The molecule has 1 fully saturated rings. The van der Waals surface area contributed by atoms with Gasteiger partial charge in [0.15, 0.2) is 11.8 Å². The molecule has 0 amide bonds. The molecule has 0 spiro atoms. The summed E-state index contributed by atoms with van der Waals surface area (Å²) >= 11 is 1.81. The highest BCUT2D eigenvalue weighted by Gasteiger charge is 2.23. The van der Waals surface area contributed by atoms with Crippen LogP contribution in [0, 0.1) is 6.92 Å². The van der Waals surface area contributed by atoms with Crippen molar-refractivity contribution < 1.29 is 0 Å². The second-order valence-electron chi connectivity index (χ2n) is 7.49. The van der Waals surface area contributed by atoms with E-state index in [0.29, 0.717) is 18.5 Å². The highest BCUT2D eigenvalue weighted by atomic mass is 127. The molecule has 2 N–H and O–H groups in total. The van der Waals surface area contributed by atoms with Crippen LogP contribution in [0.5, 0.6) is 0 Å². The van der Waals surface area contributed by atoms with Crippen LogP contribution < -0.4 is 10.6 Å². The number of likely N-dealkylation sites (N-methyl/N-ethyl adjacent to an activating group) is 1. The van der Waals surface area contributed by atoms with Crippen LogP contribution >= 0.6 is 35.3 Å². The van der Waals surface area contributed by atoms with Crippen LogP contribution in [0.25, 0.3) is 0 Å². The average molecular weight is 532 g/mol. The molecular weight excluding hydrogens is 497 g/mol. The van der Waals surface area contributed by atoms with E-state index < -0.39 is 0 Å². The van der Waals surface area contributed by atoms with Gasteiger partial charge in [0, 0.05) is 37.0 Å². The number of guanidine groups is 1. The fourth-order valence-electron chi connectivity index (χ4n) is 3.59. The standard InChI is InChI=1S/C20H33N7S.HI/c1-5-27-10-6-8-17(27)13-22-20(21-12-15(2)18-9-7-11-28-18)23-14-19-25-24-16(3)26(19)4;/h7,9,11,15,17H,5-6,8,10,12-14H2,1-4H3,(H2,21,22,23);1H. The van der Waals surface area contributed by atoms with Gasteiger partial charge < -0.3 is 15.2 Å². The summed E-state index contributed by atoms with van der Waals surface area (Å²) in [5, 5.41) is 17.6. The number of aryl methyl sites for hydroxylation is 1. The highest BCUT2D eigenvalue weighted by molar-refractivity contribution is 14.0. The SMILES string of the molecule is CCN1CCCC1CNC(=NCc1nnc(C)n1C)NCC(C)c1cccs1.I. The van der Waals surface area contributed by atoms with Crippen molar-refractivity contribution in [1.29, 1.82) is 0 Å². The third-order valence-electron chi connectivity index (χ3n) is 5.58. The Hall–Kier alpha value is -1.20. The van der Waals surface area contributed by atoms with E-state index in [1.807, 2.05) is 18.5 Å². The molecule has 7 nitrogen and oxygen atoms in total. The van der Waals surface area contributed by atoms with Crippen molar-refractivity contribution in [2.45, 2.75) is 52.1 Å². The van der Waals surface area contributed by atoms with Crippen LogP contribution in [0.4, 0.5) is 0 Å². The zero-order valence-electron chi connectivity index (χ0n) is 17.9. The summed E-state index contributed by atoms with van der Waals surface area (Å²) in [5.41, 5.74) is 0. The van der Waals surface area contributed by atoms with Gasteiger partial charge in [-0.2, -0.15) is 0 Å². The van der Waals surface area contributed by atoms with E-state index in [4.69, 9.17) is 4.99 Å². The Labute approximate surface area is 195 Å². The van der Waals surface area contributed by atoms with Crippen molar-refractivity contribution in [3.05, 3.63) is 34.0 Å². The Morgan fingerprint density at radius 3 is 2.86 bits per heavy atom. The second-order valence-corrected chi connectivity index (χ2v) is 8.47. The zero-order chi connectivity index (χ0) is 19.9. The number of nitrogens with zero attached hydrogens (tertiary/aromatic N) is 5. The van der Waals surface area contributed by atoms with Crippen molar-refractivity contribution in [2.75, 3.05) is 26.2 Å². The minimum Gasteiger partial charge on any atom is -0.356 e. The van der Waals surface area contributed by atoms with E-state index in [-0.39, 0.29) is 24.0 Å². The number of thiophene rings is 1. The Morgan fingerprint density at radius 2 is 2.21 bits per heavy atom. The minimum atomic E-state index is 0. The Morgan fingerprint density at radius 1 is 1.38 bits per heavy atom. The van der Waals surface area contributed by atoms with Crippen molar-refractivity contribution >= 4 is 41.3 Å². The van der Waals surface area contributed by atoms with Gasteiger partial charge in [0.25, 0.3) is 0 Å². The summed E-state index contributed by atoms with van der Waals surface area (Å²) in [7, 11) is 1.98. The molecule has 162 valence electrons. The monoisotopic (exact) mass is 531 g/mol. The molecule has 2 aromatic rings. The summed E-state index contributed by atoms with van der Waals surface area (Å²) in [6, 6.07) is 4.89. The predicted molar refractivity (Wildman–Crippen MR) is 131 cm³/mol. The van der Waals surface area contributed by atoms with E-state index in [0.717, 1.165) is 37.2 Å². The first-order valence-electron chi connectivity index (χ1n) is 10.2. The largest absolute Gasteiger partial charge is 0.356 e. The van der Waals surface area contributed by atoms with Crippen molar-refractivity contribution in [2.24, 2.45) is 12.0 Å². The molecule has 0 radical (unpaired) electrons. The molecule has 2 unspecified atom stereocenters. The normalized spacial score (nSPS) is 18.5. The van der Waals surface area contributed by atoms with Gasteiger partial charge in [-0.3, -0.25) is 4.90 Å². The number of halogens is 1. The fraction of sp³-hybridized carbons (Fsp3) is 0.650. The molecule has 1 aliphatic rings. The van der Waals surface area contributed by atoms with E-state index in [9.17, 15) is 0 Å². The molecule has 1 saturated heterocycles. The lowest BCUT2D eigenvalue weighted by molar-refractivity contribution is 0.267. The molecular formula is C20H34IN7S. The van der Waals surface area contributed by atoms with Gasteiger partial charge >= 0.3 is 0 Å². The number of aliphatic imine (C=N–C) groups is 1. The molecule has 1 aliphatic heterocycles. The lowest BCUT2D eigenvalue weighted by atomic mass is 10.1. The molecule has 0 bridgehead atoms. The molecule has 0 saturated carbocycles. The van der Waals surface area contributed by atoms with Crippen LogP contribution in [0.15, 0.2) is 22.5 Å². The molecule has 3 rings (SSSR count). The average Bonchev–Trinajstić information content (AvgIpc) is 3.44. The quantitative estimate of drug-likeness (QED) is 0.311. The van der Waals surface area contributed by atoms with E-state index in [1.54, 1.807) is 11.3 Å². The minimum absolute atomic E-state index is 0. The maximum atomic E-state index is 4.79. The number of hydrogen-bond donors (Lipinski definition) is 2. The molecule has 2 aromatic heterocycles. The maximum absolute atomic E-state index is 4.79. The molecule has 0 aromatic carbocycles. The Bertz CT molecular complexity index is 759. The van der Waals surface area contributed by atoms with Crippen molar-refractivity contribution in [3.63, 3.8) is 0 Å². The second kappa shape index (κ2) is 11.8. The van der Waals surface area contributed by atoms with Crippen LogP contribution in [-0.2, 0) is 13.6 Å². The van der Waals surface area contributed by atoms with E-state index >= 15 is 0 Å². The summed E-state index contributed by atoms with van der Waals surface area (Å²) in [6.07, 6.45) is 2.54. The van der Waals surface area contributed by atoms with Gasteiger partial charge in [-0.05, 0) is 44.3 Å². The third-order valence-corrected chi connectivity index (χ3v) is 6.68. The first-order valence-corrected chi connectivity index (χ1v) is 11.1. The highest BCUT2D eigenvalue weighted by Crippen LogP contribution is 2.19. The van der Waals surface area contributed by atoms with Gasteiger partial charge in [0.05, 0.1) is 0 Å². The lowest BCUT2D eigenvalue weighted by Gasteiger charge is -2.24. The number of hydrogen-bond acceptors (Lipinski definition) is 5. The van der Waals surface area contributed by atoms with Crippen LogP contribution in [0.3, 0.4) is 0 Å². The number of likely N-dealkylation sites (tertiary alicyclic amines) is 1. The smallest absolute Gasteiger partial charge is 0.191 e. The number of rotatable bonds is 8. The summed E-state index contributed by atoms with van der Waals surface area (Å²) in [4.78, 5) is 8.73. The van der Waals surface area contributed by atoms with Crippen LogP contribution in [-0.4, -0.2) is 57.8 Å². The number of nitrogens with one attached hydrogen (secondary N) is 2. The Kier molecular flexibility index (Phi) is 9.84. The maximum Gasteiger partial charge on any atom is 0.191 e. The van der Waals surface area contributed by atoms with E-state index in [2.05, 4.69) is 57.1 Å². The lowest BCUT2D eigenvalue weighted by Crippen LogP contribution is -2.45. The first kappa shape index (κ1) is 24.1. The first-order chi connectivity index (χ1) is 13.6. The number of aromatic nitrogens is 3. The predicted octanol–water partition coefficient (Wildman–Crippen LogP) is 3.13. The van der Waals surface area contributed by atoms with Gasteiger partial charge in [0.1, 0.15) is 12.4 Å². The zero-order valence-corrected chi connectivity index (χ0v) is 21.0. The van der Waals surface area contributed by atoms with Gasteiger partial charge in [-0.25, -0.2) is 4.99 Å². The molecule has 2 atom stereocenters. The topological polar surface area (TPSA) is 70.4 Å². The van der Waals surface area contributed by atoms with E-state index in [1.165, 1.54) is 24.3 Å².